The minimum Gasteiger partial charge on any atom is -0.352 e. The summed E-state index contributed by atoms with van der Waals surface area (Å²) < 4.78 is 25.9. The number of amides is 2. The van der Waals surface area contributed by atoms with Crippen molar-refractivity contribution in [2.75, 3.05) is 17.1 Å². The highest BCUT2D eigenvalue weighted by atomic mass is 35.5. The van der Waals surface area contributed by atoms with Gasteiger partial charge in [-0.05, 0) is 50.5 Å². The molecule has 0 aliphatic rings. The first kappa shape index (κ1) is 27.7. The number of para-hydroxylation sites is 1. The predicted molar refractivity (Wildman–Crippen MR) is 137 cm³/mol. The lowest BCUT2D eigenvalue weighted by atomic mass is 10.1. The van der Waals surface area contributed by atoms with Gasteiger partial charge in [0.1, 0.15) is 6.04 Å². The van der Waals surface area contributed by atoms with Crippen molar-refractivity contribution in [1.29, 1.82) is 0 Å². The molecule has 7 nitrogen and oxygen atoms in total. The number of nitrogens with one attached hydrogen (secondary N) is 1. The molecule has 2 rings (SSSR count). The van der Waals surface area contributed by atoms with Crippen LogP contribution in [0.1, 0.15) is 45.6 Å². The lowest BCUT2D eigenvalue weighted by Gasteiger charge is -2.30. The Morgan fingerprint density at radius 2 is 1.65 bits per heavy atom. The molecule has 0 radical (unpaired) electrons. The molecule has 2 aromatic carbocycles. The summed E-state index contributed by atoms with van der Waals surface area (Å²) in [5.74, 6) is -0.481. The third kappa shape index (κ3) is 8.02. The Bertz CT molecular complexity index is 1060. The standard InChI is InChI=1S/C25H34ClN3O4S/c1-5-19(2)27-25(31)20(3)28(18-21-12-9-10-15-23(21)26)24(30)16-11-17-29(34(4,32)33)22-13-7-6-8-14-22/h6-10,12-15,19-20H,5,11,16-18H2,1-4H3,(H,27,31)/t19-,20+/m1/s1. The van der Waals surface area contributed by atoms with Crippen LogP contribution in [0.5, 0.6) is 0 Å². The molecule has 0 saturated heterocycles. The first-order valence-electron chi connectivity index (χ1n) is 11.4. The topological polar surface area (TPSA) is 86.8 Å². The summed E-state index contributed by atoms with van der Waals surface area (Å²) in [6.07, 6.45) is 2.31. The maximum absolute atomic E-state index is 13.3. The lowest BCUT2D eigenvalue weighted by molar-refractivity contribution is -0.140. The van der Waals surface area contributed by atoms with Crippen molar-refractivity contribution in [1.82, 2.24) is 10.2 Å². The molecule has 186 valence electrons. The number of nitrogens with zero attached hydrogens (tertiary/aromatic N) is 2. The van der Waals surface area contributed by atoms with Crippen molar-refractivity contribution in [2.24, 2.45) is 0 Å². The maximum Gasteiger partial charge on any atom is 0.242 e. The molecule has 1 N–H and O–H groups in total. The van der Waals surface area contributed by atoms with Crippen LogP contribution in [0.25, 0.3) is 0 Å². The van der Waals surface area contributed by atoms with Gasteiger partial charge in [0.2, 0.25) is 21.8 Å². The van der Waals surface area contributed by atoms with Crippen molar-refractivity contribution >= 4 is 39.1 Å². The molecule has 0 fully saturated rings. The van der Waals surface area contributed by atoms with Crippen LogP contribution in [0.15, 0.2) is 54.6 Å². The summed E-state index contributed by atoms with van der Waals surface area (Å²) in [4.78, 5) is 27.6. The minimum absolute atomic E-state index is 0.0126. The van der Waals surface area contributed by atoms with Crippen LogP contribution in [-0.2, 0) is 26.2 Å². The first-order valence-corrected chi connectivity index (χ1v) is 13.6. The van der Waals surface area contributed by atoms with E-state index in [1.54, 1.807) is 43.3 Å². The van der Waals surface area contributed by atoms with Crippen molar-refractivity contribution in [3.05, 3.63) is 65.2 Å². The van der Waals surface area contributed by atoms with Gasteiger partial charge in [0.15, 0.2) is 0 Å². The van der Waals surface area contributed by atoms with Gasteiger partial charge >= 0.3 is 0 Å². The van der Waals surface area contributed by atoms with Gasteiger partial charge in [0.25, 0.3) is 0 Å². The summed E-state index contributed by atoms with van der Waals surface area (Å²) >= 11 is 6.32. The van der Waals surface area contributed by atoms with Gasteiger partial charge < -0.3 is 10.2 Å². The summed E-state index contributed by atoms with van der Waals surface area (Å²) in [6.45, 7) is 5.92. The van der Waals surface area contributed by atoms with Crippen LogP contribution < -0.4 is 9.62 Å². The first-order chi connectivity index (χ1) is 16.0. The Hall–Kier alpha value is -2.58. The number of carbonyl (C=O) groups excluding carboxylic acids is 2. The zero-order chi connectivity index (χ0) is 25.3. The number of anilines is 1. The molecule has 0 unspecified atom stereocenters. The van der Waals surface area contributed by atoms with E-state index >= 15 is 0 Å². The monoisotopic (exact) mass is 507 g/mol. The second-order valence-electron chi connectivity index (χ2n) is 8.38. The molecule has 0 aromatic heterocycles. The Kier molecular flexibility index (Phi) is 10.4. The number of hydrogen-bond acceptors (Lipinski definition) is 4. The average Bonchev–Trinajstić information content (AvgIpc) is 2.80. The predicted octanol–water partition coefficient (Wildman–Crippen LogP) is 4.22. The normalized spacial score (nSPS) is 13.1. The van der Waals surface area contributed by atoms with Crippen LogP contribution in [0.3, 0.4) is 0 Å². The molecule has 2 atom stereocenters. The van der Waals surface area contributed by atoms with Gasteiger partial charge in [-0.1, -0.05) is 54.9 Å². The van der Waals surface area contributed by atoms with Crippen LogP contribution in [0, 0.1) is 0 Å². The Morgan fingerprint density at radius 3 is 2.24 bits per heavy atom. The zero-order valence-electron chi connectivity index (χ0n) is 20.2. The third-order valence-corrected chi connectivity index (χ3v) is 7.23. The van der Waals surface area contributed by atoms with Crippen LogP contribution in [-0.4, -0.2) is 50.0 Å². The maximum atomic E-state index is 13.3. The van der Waals surface area contributed by atoms with Crippen LogP contribution >= 0.6 is 11.6 Å². The average molecular weight is 508 g/mol. The lowest BCUT2D eigenvalue weighted by Crippen LogP contribution is -2.49. The second-order valence-corrected chi connectivity index (χ2v) is 10.7. The highest BCUT2D eigenvalue weighted by Crippen LogP contribution is 2.21. The van der Waals surface area contributed by atoms with Crippen molar-refractivity contribution in [2.45, 2.75) is 58.7 Å². The van der Waals surface area contributed by atoms with Crippen molar-refractivity contribution in [3.8, 4) is 0 Å². The molecular formula is C25H34ClN3O4S. The molecule has 0 aliphatic carbocycles. The van der Waals surface area contributed by atoms with E-state index < -0.39 is 16.1 Å². The summed E-state index contributed by atoms with van der Waals surface area (Å²) in [6, 6.07) is 15.3. The van der Waals surface area contributed by atoms with Gasteiger partial charge in [-0.3, -0.25) is 13.9 Å². The highest BCUT2D eigenvalue weighted by molar-refractivity contribution is 7.92. The Balaban J connectivity index is 2.16. The zero-order valence-corrected chi connectivity index (χ0v) is 21.8. The van der Waals surface area contributed by atoms with E-state index in [4.69, 9.17) is 11.6 Å². The summed E-state index contributed by atoms with van der Waals surface area (Å²) in [7, 11) is -3.51. The fraction of sp³-hybridized carbons (Fsp3) is 0.440. The molecule has 9 heteroatoms. The van der Waals surface area contributed by atoms with Gasteiger partial charge in [-0.25, -0.2) is 8.42 Å². The Morgan fingerprint density at radius 1 is 1.03 bits per heavy atom. The fourth-order valence-corrected chi connectivity index (χ4v) is 4.62. The van der Waals surface area contributed by atoms with Gasteiger partial charge in [-0.15, -0.1) is 0 Å². The molecule has 2 amide bonds. The third-order valence-electron chi connectivity index (χ3n) is 5.66. The highest BCUT2D eigenvalue weighted by Gasteiger charge is 2.27. The molecule has 0 saturated carbocycles. The van der Waals surface area contributed by atoms with E-state index in [9.17, 15) is 18.0 Å². The number of benzene rings is 2. The molecule has 0 heterocycles. The van der Waals surface area contributed by atoms with E-state index in [0.717, 1.165) is 18.2 Å². The molecule has 34 heavy (non-hydrogen) atoms. The summed E-state index contributed by atoms with van der Waals surface area (Å²) in [5, 5.41) is 3.44. The second kappa shape index (κ2) is 12.8. The van der Waals surface area contributed by atoms with E-state index in [-0.39, 0.29) is 37.4 Å². The van der Waals surface area contributed by atoms with E-state index in [1.165, 1.54) is 9.21 Å². The smallest absolute Gasteiger partial charge is 0.242 e. The molecular weight excluding hydrogens is 474 g/mol. The van der Waals surface area contributed by atoms with Gasteiger partial charge in [0, 0.05) is 30.6 Å². The van der Waals surface area contributed by atoms with E-state index in [1.807, 2.05) is 32.0 Å². The van der Waals surface area contributed by atoms with Crippen LogP contribution in [0.2, 0.25) is 5.02 Å². The minimum atomic E-state index is -3.51. The molecule has 2 aromatic rings. The number of sulfonamides is 1. The van der Waals surface area contributed by atoms with E-state index in [0.29, 0.717) is 17.1 Å². The number of rotatable bonds is 12. The van der Waals surface area contributed by atoms with Gasteiger partial charge in [0.05, 0.1) is 11.9 Å². The fourth-order valence-electron chi connectivity index (χ4n) is 3.46. The number of carbonyl (C=O) groups is 2. The molecule has 0 bridgehead atoms. The number of hydrogen-bond donors (Lipinski definition) is 1. The van der Waals surface area contributed by atoms with Crippen molar-refractivity contribution < 1.29 is 18.0 Å². The largest absolute Gasteiger partial charge is 0.352 e. The molecule has 0 spiro atoms. The quantitative estimate of drug-likeness (QED) is 0.466. The number of halogens is 1. The SMILES string of the molecule is CC[C@@H](C)NC(=O)[C@H](C)N(Cc1ccccc1Cl)C(=O)CCCN(c1ccccc1)S(C)(=O)=O. The van der Waals surface area contributed by atoms with E-state index in [2.05, 4.69) is 5.32 Å². The molecule has 0 aliphatic heterocycles. The van der Waals surface area contributed by atoms with Crippen LogP contribution in [0.4, 0.5) is 5.69 Å². The summed E-state index contributed by atoms with van der Waals surface area (Å²) in [5.41, 5.74) is 1.29. The van der Waals surface area contributed by atoms with Gasteiger partial charge in [-0.2, -0.15) is 0 Å². The van der Waals surface area contributed by atoms with Crippen molar-refractivity contribution in [3.63, 3.8) is 0 Å². The Labute approximate surface area is 208 Å².